The molecule has 152 valence electrons. The minimum Gasteiger partial charge on any atom is -0.343 e. The van der Waals surface area contributed by atoms with E-state index in [0.717, 1.165) is 21.9 Å². The predicted molar refractivity (Wildman–Crippen MR) is 125 cm³/mol. The lowest BCUT2D eigenvalue weighted by Crippen LogP contribution is -2.43. The lowest BCUT2D eigenvalue weighted by atomic mass is 9.70. The molecule has 0 aliphatic heterocycles. The number of fused-ring (bicyclic) bond motifs is 1. The molecule has 0 bridgehead atoms. The van der Waals surface area contributed by atoms with Crippen LogP contribution in [0, 0.1) is 11.3 Å². The quantitative estimate of drug-likeness (QED) is 0.417. The maximum Gasteiger partial charge on any atom is 0.251 e. The largest absolute Gasteiger partial charge is 0.343 e. The smallest absolute Gasteiger partial charge is 0.251 e. The van der Waals surface area contributed by atoms with Gasteiger partial charge in [-0.3, -0.25) is 4.79 Å². The van der Waals surface area contributed by atoms with Gasteiger partial charge >= 0.3 is 0 Å². The maximum absolute atomic E-state index is 13.3. The lowest BCUT2D eigenvalue weighted by Gasteiger charge is -2.36. The second-order valence-electron chi connectivity index (χ2n) is 7.64. The SMILES string of the molecule is CC[C@](C#N)(c1ccccc1)C(NC(=O)c1ccccc1)c1cccc2ccccc12. The number of hydrogen-bond acceptors (Lipinski definition) is 2. The lowest BCUT2D eigenvalue weighted by molar-refractivity contribution is 0.0921. The summed E-state index contributed by atoms with van der Waals surface area (Å²) in [5.74, 6) is -0.192. The van der Waals surface area contributed by atoms with Gasteiger partial charge in [-0.2, -0.15) is 5.26 Å². The Hall–Kier alpha value is -3.90. The van der Waals surface area contributed by atoms with Crippen LogP contribution < -0.4 is 5.32 Å². The van der Waals surface area contributed by atoms with Gasteiger partial charge in [-0.1, -0.05) is 97.9 Å². The molecule has 3 heteroatoms. The monoisotopic (exact) mass is 404 g/mol. The molecular formula is C28H24N2O. The molecule has 3 nitrogen and oxygen atoms in total. The van der Waals surface area contributed by atoms with Crippen molar-refractivity contribution >= 4 is 16.7 Å². The molecule has 2 atom stereocenters. The highest BCUT2D eigenvalue weighted by atomic mass is 16.1. The maximum atomic E-state index is 13.3. The molecule has 0 saturated heterocycles. The average Bonchev–Trinajstić information content (AvgIpc) is 2.85. The van der Waals surface area contributed by atoms with E-state index in [1.165, 1.54) is 0 Å². The Morgan fingerprint density at radius 3 is 2.16 bits per heavy atom. The summed E-state index contributed by atoms with van der Waals surface area (Å²) in [5, 5.41) is 15.9. The third-order valence-corrected chi connectivity index (χ3v) is 5.98. The van der Waals surface area contributed by atoms with Crippen LogP contribution >= 0.6 is 0 Å². The molecule has 0 aliphatic rings. The van der Waals surface area contributed by atoms with E-state index >= 15 is 0 Å². The van der Waals surface area contributed by atoms with Crippen LogP contribution in [0.3, 0.4) is 0 Å². The fourth-order valence-electron chi connectivity index (χ4n) is 4.29. The van der Waals surface area contributed by atoms with Crippen molar-refractivity contribution in [3.63, 3.8) is 0 Å². The zero-order valence-electron chi connectivity index (χ0n) is 17.5. The number of nitriles is 1. The third kappa shape index (κ3) is 3.81. The van der Waals surface area contributed by atoms with E-state index in [4.69, 9.17) is 0 Å². The number of carbonyl (C=O) groups is 1. The molecule has 0 radical (unpaired) electrons. The van der Waals surface area contributed by atoms with Crippen molar-refractivity contribution in [3.05, 3.63) is 120 Å². The first kappa shape index (κ1) is 20.4. The number of carbonyl (C=O) groups excluding carboxylic acids is 1. The fourth-order valence-corrected chi connectivity index (χ4v) is 4.29. The first-order chi connectivity index (χ1) is 15.2. The van der Waals surface area contributed by atoms with Crippen LogP contribution in [0.2, 0.25) is 0 Å². The topological polar surface area (TPSA) is 52.9 Å². The fraction of sp³-hybridized carbons (Fsp3) is 0.143. The summed E-state index contributed by atoms with van der Waals surface area (Å²) in [6.07, 6.45) is 0.552. The Balaban J connectivity index is 1.92. The Morgan fingerprint density at radius 1 is 0.871 bits per heavy atom. The van der Waals surface area contributed by atoms with Gasteiger partial charge in [0.2, 0.25) is 0 Å². The van der Waals surface area contributed by atoms with Crippen LogP contribution in [0.25, 0.3) is 10.8 Å². The molecule has 4 rings (SSSR count). The van der Waals surface area contributed by atoms with E-state index in [1.54, 1.807) is 12.1 Å². The van der Waals surface area contributed by atoms with Crippen molar-refractivity contribution in [2.24, 2.45) is 0 Å². The highest BCUT2D eigenvalue weighted by Gasteiger charge is 2.42. The zero-order valence-corrected chi connectivity index (χ0v) is 17.5. The van der Waals surface area contributed by atoms with Crippen LogP contribution in [0.4, 0.5) is 0 Å². The van der Waals surface area contributed by atoms with Crippen LogP contribution in [0.1, 0.15) is 40.9 Å². The second kappa shape index (κ2) is 8.85. The minimum atomic E-state index is -0.921. The number of rotatable bonds is 6. The first-order valence-electron chi connectivity index (χ1n) is 10.5. The van der Waals surface area contributed by atoms with Crippen molar-refractivity contribution in [1.82, 2.24) is 5.32 Å². The summed E-state index contributed by atoms with van der Waals surface area (Å²) in [6.45, 7) is 2.00. The number of benzene rings is 4. The molecule has 1 unspecified atom stereocenters. The zero-order chi connectivity index (χ0) is 21.7. The molecule has 0 saturated carbocycles. The molecule has 0 aromatic heterocycles. The van der Waals surface area contributed by atoms with Gasteiger partial charge in [-0.25, -0.2) is 0 Å². The van der Waals surface area contributed by atoms with Gasteiger partial charge < -0.3 is 5.32 Å². The van der Waals surface area contributed by atoms with Crippen molar-refractivity contribution in [2.75, 3.05) is 0 Å². The first-order valence-corrected chi connectivity index (χ1v) is 10.5. The van der Waals surface area contributed by atoms with Gasteiger partial charge in [-0.05, 0) is 40.5 Å². The molecule has 0 aliphatic carbocycles. The highest BCUT2D eigenvalue weighted by Crippen LogP contribution is 2.42. The standard InChI is InChI=1S/C28H24N2O/c1-2-28(20-29,23-16-7-4-8-17-23)26(30-27(31)22-13-5-3-6-14-22)25-19-11-15-21-12-9-10-18-24(21)25/h3-19,26H,2H2,1H3,(H,30,31)/t26?,28-/m0/s1. The van der Waals surface area contributed by atoms with E-state index in [0.29, 0.717) is 12.0 Å². The molecule has 4 aromatic carbocycles. The van der Waals surface area contributed by atoms with Gasteiger partial charge in [0.05, 0.1) is 12.1 Å². The molecule has 31 heavy (non-hydrogen) atoms. The van der Waals surface area contributed by atoms with Crippen LogP contribution in [-0.2, 0) is 5.41 Å². The van der Waals surface area contributed by atoms with E-state index in [1.807, 2.05) is 79.7 Å². The summed E-state index contributed by atoms with van der Waals surface area (Å²) in [7, 11) is 0. The Morgan fingerprint density at radius 2 is 1.48 bits per heavy atom. The summed E-state index contributed by atoms with van der Waals surface area (Å²) in [4.78, 5) is 13.3. The van der Waals surface area contributed by atoms with E-state index in [2.05, 4.69) is 29.6 Å². The summed E-state index contributed by atoms with van der Waals surface area (Å²) >= 11 is 0. The highest BCUT2D eigenvalue weighted by molar-refractivity contribution is 5.95. The van der Waals surface area contributed by atoms with Crippen molar-refractivity contribution < 1.29 is 4.79 Å². The summed E-state index contributed by atoms with van der Waals surface area (Å²) < 4.78 is 0. The Bertz CT molecular complexity index is 1220. The summed E-state index contributed by atoms with van der Waals surface area (Å²) in [5.41, 5.74) is 1.49. The Labute approximate surface area is 183 Å². The van der Waals surface area contributed by atoms with E-state index in [-0.39, 0.29) is 5.91 Å². The van der Waals surface area contributed by atoms with Crippen molar-refractivity contribution in [2.45, 2.75) is 24.8 Å². The predicted octanol–water partition coefficient (Wildman–Crippen LogP) is 6.18. The number of nitrogens with zero attached hydrogens (tertiary/aromatic N) is 1. The third-order valence-electron chi connectivity index (χ3n) is 5.98. The molecule has 0 heterocycles. The molecule has 1 N–H and O–H groups in total. The molecular weight excluding hydrogens is 380 g/mol. The minimum absolute atomic E-state index is 0.192. The molecule has 4 aromatic rings. The van der Waals surface area contributed by atoms with E-state index < -0.39 is 11.5 Å². The Kier molecular flexibility index (Phi) is 5.82. The van der Waals surface area contributed by atoms with Gasteiger partial charge in [0, 0.05) is 5.56 Å². The normalized spacial score (nSPS) is 13.7. The number of hydrogen-bond donors (Lipinski definition) is 1. The molecule has 1 amide bonds. The van der Waals surface area contributed by atoms with E-state index in [9.17, 15) is 10.1 Å². The average molecular weight is 405 g/mol. The molecule has 0 spiro atoms. The van der Waals surface area contributed by atoms with Crippen LogP contribution in [0.15, 0.2) is 103 Å². The summed E-state index contributed by atoms with van der Waals surface area (Å²) in [6, 6.07) is 35.1. The van der Waals surface area contributed by atoms with Crippen LogP contribution in [-0.4, -0.2) is 5.91 Å². The number of amides is 1. The van der Waals surface area contributed by atoms with Crippen molar-refractivity contribution in [1.29, 1.82) is 5.26 Å². The second-order valence-corrected chi connectivity index (χ2v) is 7.64. The number of nitrogens with one attached hydrogen (secondary N) is 1. The van der Waals surface area contributed by atoms with Gasteiger partial charge in [0.25, 0.3) is 5.91 Å². The van der Waals surface area contributed by atoms with Crippen molar-refractivity contribution in [3.8, 4) is 6.07 Å². The van der Waals surface area contributed by atoms with Crippen LogP contribution in [0.5, 0.6) is 0 Å². The van der Waals surface area contributed by atoms with Gasteiger partial charge in [0.1, 0.15) is 5.41 Å². The molecule has 0 fully saturated rings. The van der Waals surface area contributed by atoms with Gasteiger partial charge in [-0.15, -0.1) is 0 Å². The van der Waals surface area contributed by atoms with Gasteiger partial charge in [0.15, 0.2) is 0 Å².